The third-order valence-corrected chi connectivity index (χ3v) is 7.05. The Morgan fingerprint density at radius 2 is 2.00 bits per heavy atom. The summed E-state index contributed by atoms with van der Waals surface area (Å²) in [5, 5.41) is 9.75. The van der Waals surface area contributed by atoms with Gasteiger partial charge in [0.15, 0.2) is 18.4 Å². The number of hydrogen-bond acceptors (Lipinski definition) is 8. The monoisotopic (exact) mass is 551 g/mol. The van der Waals surface area contributed by atoms with Gasteiger partial charge in [-0.2, -0.15) is 4.98 Å². The lowest BCUT2D eigenvalue weighted by Crippen LogP contribution is -2.24. The number of hydrogen-bond donors (Lipinski definition) is 0. The fourth-order valence-electron chi connectivity index (χ4n) is 5.13. The summed E-state index contributed by atoms with van der Waals surface area (Å²) in [6.45, 7) is 3.68. The number of rotatable bonds is 6. The Kier molecular flexibility index (Phi) is 6.69. The molecule has 3 aromatic heterocycles. The summed E-state index contributed by atoms with van der Waals surface area (Å²) in [6.07, 6.45) is 4.45. The number of ether oxygens (including phenoxy) is 2. The molecule has 0 amide bonds. The summed E-state index contributed by atoms with van der Waals surface area (Å²) in [5.74, 6) is 0.604. The first-order valence-corrected chi connectivity index (χ1v) is 12.9. The van der Waals surface area contributed by atoms with Gasteiger partial charge < -0.3 is 18.9 Å². The van der Waals surface area contributed by atoms with Crippen LogP contribution in [0, 0.1) is 11.6 Å². The maximum Gasteiger partial charge on any atom is 0.225 e. The second kappa shape index (κ2) is 10.3. The minimum atomic E-state index is -0.687. The zero-order chi connectivity index (χ0) is 27.1. The summed E-state index contributed by atoms with van der Waals surface area (Å²) in [6, 6.07) is 6.45. The molecule has 6 rings (SSSR count). The van der Waals surface area contributed by atoms with Gasteiger partial charge in [-0.05, 0) is 59.0 Å². The van der Waals surface area contributed by atoms with Gasteiger partial charge in [-0.25, -0.2) is 13.8 Å². The van der Waals surface area contributed by atoms with Crippen molar-refractivity contribution in [3.8, 4) is 17.0 Å². The normalized spacial score (nSPS) is 13.6. The van der Waals surface area contributed by atoms with Crippen molar-refractivity contribution in [1.29, 1.82) is 0 Å². The summed E-state index contributed by atoms with van der Waals surface area (Å²) >= 11 is 6.33. The minimum absolute atomic E-state index is 0.00377. The number of nitrogens with zero attached hydrogens (tertiary/aromatic N) is 7. The molecular weight excluding hydrogens is 528 g/mol. The Labute approximate surface area is 227 Å². The van der Waals surface area contributed by atoms with Crippen molar-refractivity contribution >= 4 is 39.1 Å². The van der Waals surface area contributed by atoms with Gasteiger partial charge in [0.1, 0.15) is 34.9 Å². The van der Waals surface area contributed by atoms with Crippen LogP contribution in [-0.4, -0.2) is 50.2 Å². The van der Waals surface area contributed by atoms with E-state index in [1.54, 1.807) is 24.5 Å². The van der Waals surface area contributed by atoms with E-state index in [4.69, 9.17) is 21.1 Å². The fourth-order valence-corrected chi connectivity index (χ4v) is 5.29. The Morgan fingerprint density at radius 3 is 2.82 bits per heavy atom. The second-order valence-corrected chi connectivity index (χ2v) is 9.55. The Hall–Kier alpha value is -3.96. The van der Waals surface area contributed by atoms with Gasteiger partial charge in [0.2, 0.25) is 5.28 Å². The Balaban J connectivity index is 1.55. The van der Waals surface area contributed by atoms with Crippen LogP contribution in [0.1, 0.15) is 24.7 Å². The lowest BCUT2D eigenvalue weighted by molar-refractivity contribution is 0.0512. The zero-order valence-corrected chi connectivity index (χ0v) is 22.0. The number of aromatic nitrogens is 6. The molecule has 0 radical (unpaired) electrons. The molecule has 0 atom stereocenters. The van der Waals surface area contributed by atoms with E-state index in [-0.39, 0.29) is 29.1 Å². The molecule has 1 aliphatic rings. The van der Waals surface area contributed by atoms with Crippen molar-refractivity contribution in [2.24, 2.45) is 0 Å². The lowest BCUT2D eigenvalue weighted by atomic mass is 9.94. The van der Waals surface area contributed by atoms with Gasteiger partial charge >= 0.3 is 0 Å². The fraction of sp³-hybridized carbons (Fsp3) is 0.296. The Morgan fingerprint density at radius 1 is 1.13 bits per heavy atom. The molecule has 0 unspecified atom stereocenters. The van der Waals surface area contributed by atoms with E-state index in [0.717, 1.165) is 18.8 Å². The lowest BCUT2D eigenvalue weighted by Gasteiger charge is -2.22. The summed E-state index contributed by atoms with van der Waals surface area (Å²) in [4.78, 5) is 15.2. The first-order valence-electron chi connectivity index (χ1n) is 12.5. The predicted octanol–water partition coefficient (Wildman–Crippen LogP) is 5.32. The third kappa shape index (κ3) is 4.51. The molecule has 0 N–H and O–H groups in total. The highest BCUT2D eigenvalue weighted by Gasteiger charge is 2.25. The molecule has 39 heavy (non-hydrogen) atoms. The van der Waals surface area contributed by atoms with Crippen LogP contribution < -0.4 is 9.64 Å². The zero-order valence-electron chi connectivity index (χ0n) is 21.3. The molecule has 0 aliphatic carbocycles. The second-order valence-electron chi connectivity index (χ2n) is 9.21. The molecule has 0 fully saturated rings. The molecule has 0 saturated heterocycles. The van der Waals surface area contributed by atoms with Crippen LogP contribution in [0.2, 0.25) is 5.28 Å². The molecule has 2 aromatic carbocycles. The highest BCUT2D eigenvalue weighted by molar-refractivity contribution is 6.28. The van der Waals surface area contributed by atoms with Gasteiger partial charge in [-0.1, -0.05) is 13.0 Å². The number of anilines is 1. The van der Waals surface area contributed by atoms with Crippen LogP contribution in [-0.2, 0) is 24.2 Å². The summed E-state index contributed by atoms with van der Waals surface area (Å²) in [7, 11) is 1.51. The predicted molar refractivity (Wildman–Crippen MR) is 143 cm³/mol. The largest absolute Gasteiger partial charge is 0.468 e. The molecule has 1 aliphatic heterocycles. The number of pyridine rings is 1. The molecule has 5 aromatic rings. The van der Waals surface area contributed by atoms with Crippen molar-refractivity contribution < 1.29 is 18.3 Å². The molecule has 0 spiro atoms. The van der Waals surface area contributed by atoms with Crippen LogP contribution in [0.3, 0.4) is 0 Å². The first-order chi connectivity index (χ1) is 19.0. The number of methoxy groups -OCH3 is 1. The van der Waals surface area contributed by atoms with Gasteiger partial charge in [0.05, 0.1) is 11.9 Å². The smallest absolute Gasteiger partial charge is 0.225 e. The molecule has 9 nitrogen and oxygen atoms in total. The number of benzene rings is 2. The molecule has 4 heterocycles. The quantitative estimate of drug-likeness (QED) is 0.207. The van der Waals surface area contributed by atoms with Crippen molar-refractivity contribution in [2.75, 3.05) is 25.3 Å². The SMILES string of the molecule is CCc1c(F)ccc2cc(OCOC)cc(-c3ncc4c(N5CCCn6cnnc6C5)nc(Cl)nc4c3F)c12. The van der Waals surface area contributed by atoms with E-state index in [1.165, 1.54) is 19.4 Å². The van der Waals surface area contributed by atoms with Crippen LogP contribution in [0.15, 0.2) is 36.8 Å². The topological polar surface area (TPSA) is 91.1 Å². The Bertz CT molecular complexity index is 1710. The van der Waals surface area contributed by atoms with E-state index in [0.29, 0.717) is 58.4 Å². The van der Waals surface area contributed by atoms with Crippen molar-refractivity contribution in [3.05, 3.63) is 65.1 Å². The minimum Gasteiger partial charge on any atom is -0.468 e. The maximum atomic E-state index is 16.4. The van der Waals surface area contributed by atoms with Gasteiger partial charge in [0, 0.05) is 32.0 Å². The summed E-state index contributed by atoms with van der Waals surface area (Å²) < 4.78 is 44.0. The van der Waals surface area contributed by atoms with Crippen molar-refractivity contribution in [1.82, 2.24) is 29.7 Å². The van der Waals surface area contributed by atoms with Crippen LogP contribution in [0.5, 0.6) is 5.75 Å². The van der Waals surface area contributed by atoms with E-state index in [2.05, 4.69) is 25.1 Å². The molecule has 0 saturated carbocycles. The van der Waals surface area contributed by atoms with Crippen molar-refractivity contribution in [3.63, 3.8) is 0 Å². The third-order valence-electron chi connectivity index (χ3n) is 6.89. The molecule has 12 heteroatoms. The first kappa shape index (κ1) is 25.3. The van der Waals surface area contributed by atoms with Gasteiger partial charge in [0.25, 0.3) is 0 Å². The van der Waals surface area contributed by atoms with E-state index in [1.807, 2.05) is 16.4 Å². The summed E-state index contributed by atoms with van der Waals surface area (Å²) in [5.41, 5.74) is 0.865. The van der Waals surface area contributed by atoms with Crippen molar-refractivity contribution in [2.45, 2.75) is 32.9 Å². The molecule has 200 valence electrons. The highest BCUT2D eigenvalue weighted by Crippen LogP contribution is 2.39. The number of fused-ring (bicyclic) bond motifs is 3. The molecular formula is C27H24ClF2N7O2. The average Bonchev–Trinajstić information content (AvgIpc) is 3.28. The van der Waals surface area contributed by atoms with Crippen LogP contribution >= 0.6 is 11.6 Å². The number of halogens is 3. The molecule has 0 bridgehead atoms. The van der Waals surface area contributed by atoms with E-state index < -0.39 is 5.82 Å². The average molecular weight is 552 g/mol. The van der Waals surface area contributed by atoms with E-state index in [9.17, 15) is 4.39 Å². The number of aryl methyl sites for hydroxylation is 2. The maximum absolute atomic E-state index is 16.4. The van der Waals surface area contributed by atoms with Gasteiger partial charge in [-0.3, -0.25) is 4.98 Å². The van der Waals surface area contributed by atoms with Gasteiger partial charge in [-0.15, -0.1) is 10.2 Å². The van der Waals surface area contributed by atoms with E-state index >= 15 is 4.39 Å². The standard InChI is InChI=1S/C27H24ClF2N7O2/c1-3-17-20(29)6-5-15-9-16(39-14-38-2)10-18(22(15)17)24-23(30)25-19(11-31-24)26(34-27(28)33-25)36-7-4-8-37-13-32-35-21(37)12-36/h5-6,9-11,13H,3-4,7-8,12,14H2,1-2H3. The van der Waals surface area contributed by atoms with Crippen LogP contribution in [0.4, 0.5) is 14.6 Å². The van der Waals surface area contributed by atoms with Crippen LogP contribution in [0.25, 0.3) is 32.9 Å². The highest BCUT2D eigenvalue weighted by atomic mass is 35.5.